The van der Waals surface area contributed by atoms with E-state index in [2.05, 4.69) is 22.2 Å². The topological polar surface area (TPSA) is 78.4 Å². The maximum absolute atomic E-state index is 12.4. The molecular formula is C20H31N5O2. The maximum Gasteiger partial charge on any atom is 0.317 e. The van der Waals surface area contributed by atoms with E-state index in [9.17, 15) is 9.59 Å². The van der Waals surface area contributed by atoms with Crippen LogP contribution in [-0.4, -0.2) is 57.4 Å². The molecule has 1 atom stereocenters. The van der Waals surface area contributed by atoms with Gasteiger partial charge in [-0.3, -0.25) is 14.8 Å². The van der Waals surface area contributed by atoms with Gasteiger partial charge in [0.1, 0.15) is 0 Å². The van der Waals surface area contributed by atoms with Gasteiger partial charge in [0.2, 0.25) is 5.91 Å². The Morgan fingerprint density at radius 1 is 1.26 bits per heavy atom. The highest BCUT2D eigenvalue weighted by atomic mass is 16.2. The summed E-state index contributed by atoms with van der Waals surface area (Å²) in [6.45, 7) is 8.80. The van der Waals surface area contributed by atoms with E-state index in [0.29, 0.717) is 13.0 Å². The van der Waals surface area contributed by atoms with Crippen LogP contribution in [0.25, 0.3) is 0 Å². The number of carbonyl (C=O) groups excluding carboxylic acids is 2. The Morgan fingerprint density at radius 3 is 2.63 bits per heavy atom. The van der Waals surface area contributed by atoms with Gasteiger partial charge in [-0.25, -0.2) is 4.79 Å². The van der Waals surface area contributed by atoms with Gasteiger partial charge in [0.25, 0.3) is 0 Å². The first-order chi connectivity index (χ1) is 12.9. The second-order valence-corrected chi connectivity index (χ2v) is 8.14. The zero-order valence-electron chi connectivity index (χ0n) is 16.7. The predicted molar refractivity (Wildman–Crippen MR) is 103 cm³/mol. The molecule has 0 bridgehead atoms. The SMILES string of the molecule is CC[C@H](C)NC(=O)N1CCC2(CCC(=O)N(Cc3cnc(C)cn3)C2)CC1. The standard InChI is InChI=1S/C20H31N5O2/c1-4-15(2)23-19(27)24-9-7-20(8-10-24)6-5-18(26)25(14-20)13-17-12-21-16(3)11-22-17/h11-12,15H,4-10,13-14H2,1-3H3,(H,23,27)/t15-/m0/s1. The molecule has 1 aromatic rings. The molecule has 1 aromatic heterocycles. The molecule has 27 heavy (non-hydrogen) atoms. The monoisotopic (exact) mass is 373 g/mol. The van der Waals surface area contributed by atoms with Gasteiger partial charge in [-0.2, -0.15) is 0 Å². The van der Waals surface area contributed by atoms with Crippen molar-refractivity contribution in [2.45, 2.75) is 65.5 Å². The highest BCUT2D eigenvalue weighted by Gasteiger charge is 2.41. The lowest BCUT2D eigenvalue weighted by Gasteiger charge is -2.47. The molecule has 0 aromatic carbocycles. The molecule has 148 valence electrons. The summed E-state index contributed by atoms with van der Waals surface area (Å²) < 4.78 is 0. The molecule has 0 radical (unpaired) electrons. The number of nitrogens with zero attached hydrogens (tertiary/aromatic N) is 4. The molecule has 2 aliphatic rings. The van der Waals surface area contributed by atoms with Crippen LogP contribution < -0.4 is 5.32 Å². The van der Waals surface area contributed by atoms with Crippen molar-refractivity contribution in [1.29, 1.82) is 0 Å². The minimum atomic E-state index is 0.0397. The number of aryl methyl sites for hydroxylation is 1. The molecule has 3 amide bonds. The zero-order chi connectivity index (χ0) is 19.4. The number of piperidine rings is 2. The van der Waals surface area contributed by atoms with Gasteiger partial charge in [0.15, 0.2) is 0 Å². The Kier molecular flexibility index (Phi) is 5.97. The molecule has 0 unspecified atom stereocenters. The molecule has 3 heterocycles. The summed E-state index contributed by atoms with van der Waals surface area (Å²) >= 11 is 0. The van der Waals surface area contributed by atoms with Crippen LogP contribution >= 0.6 is 0 Å². The quantitative estimate of drug-likeness (QED) is 0.879. The fourth-order valence-electron chi connectivity index (χ4n) is 3.94. The van der Waals surface area contributed by atoms with Gasteiger partial charge in [-0.15, -0.1) is 0 Å². The third-order valence-electron chi connectivity index (χ3n) is 6.03. The van der Waals surface area contributed by atoms with E-state index in [1.54, 1.807) is 12.4 Å². The number of aromatic nitrogens is 2. The summed E-state index contributed by atoms with van der Waals surface area (Å²) in [4.78, 5) is 37.3. The molecule has 7 nitrogen and oxygen atoms in total. The van der Waals surface area contributed by atoms with Gasteiger partial charge < -0.3 is 15.1 Å². The van der Waals surface area contributed by atoms with Crippen molar-refractivity contribution in [3.8, 4) is 0 Å². The lowest BCUT2D eigenvalue weighted by atomic mass is 9.72. The van der Waals surface area contributed by atoms with Gasteiger partial charge >= 0.3 is 6.03 Å². The van der Waals surface area contributed by atoms with Gasteiger partial charge in [0, 0.05) is 38.3 Å². The fraction of sp³-hybridized carbons (Fsp3) is 0.700. The first kappa shape index (κ1) is 19.6. The molecule has 0 aliphatic carbocycles. The summed E-state index contributed by atoms with van der Waals surface area (Å²) in [7, 11) is 0. The molecule has 2 fully saturated rings. The van der Waals surface area contributed by atoms with Crippen molar-refractivity contribution >= 4 is 11.9 Å². The van der Waals surface area contributed by atoms with Crippen LogP contribution in [0.4, 0.5) is 4.79 Å². The van der Waals surface area contributed by atoms with Crippen molar-refractivity contribution in [3.05, 3.63) is 23.8 Å². The third kappa shape index (κ3) is 4.76. The minimum Gasteiger partial charge on any atom is -0.336 e. The number of hydrogen-bond acceptors (Lipinski definition) is 4. The Balaban J connectivity index is 1.58. The second kappa shape index (κ2) is 8.23. The van der Waals surface area contributed by atoms with Crippen LogP contribution in [0.2, 0.25) is 0 Å². The largest absolute Gasteiger partial charge is 0.336 e. The van der Waals surface area contributed by atoms with E-state index in [4.69, 9.17) is 0 Å². The Morgan fingerprint density at radius 2 is 2.00 bits per heavy atom. The van der Waals surface area contributed by atoms with E-state index in [-0.39, 0.29) is 23.4 Å². The van der Waals surface area contributed by atoms with E-state index in [1.165, 1.54) is 0 Å². The summed E-state index contributed by atoms with van der Waals surface area (Å²) in [5.41, 5.74) is 1.83. The van der Waals surface area contributed by atoms with Crippen molar-refractivity contribution in [3.63, 3.8) is 0 Å². The van der Waals surface area contributed by atoms with E-state index >= 15 is 0 Å². The normalized spacial score (nSPS) is 20.6. The van der Waals surface area contributed by atoms with Gasteiger partial charge in [-0.1, -0.05) is 6.92 Å². The van der Waals surface area contributed by atoms with E-state index in [1.807, 2.05) is 23.6 Å². The number of carbonyl (C=O) groups is 2. The van der Waals surface area contributed by atoms with Crippen molar-refractivity contribution in [2.75, 3.05) is 19.6 Å². The average Bonchev–Trinajstić information content (AvgIpc) is 2.67. The summed E-state index contributed by atoms with van der Waals surface area (Å²) in [6.07, 6.45) is 7.83. The number of rotatable bonds is 4. The lowest BCUT2D eigenvalue weighted by Crippen LogP contribution is -2.54. The highest BCUT2D eigenvalue weighted by molar-refractivity contribution is 5.77. The van der Waals surface area contributed by atoms with E-state index < -0.39 is 0 Å². The molecule has 1 spiro atoms. The Hall–Kier alpha value is -2.18. The molecule has 2 saturated heterocycles. The molecule has 3 rings (SSSR count). The molecular weight excluding hydrogens is 342 g/mol. The Labute approximate surface area is 161 Å². The second-order valence-electron chi connectivity index (χ2n) is 8.14. The third-order valence-corrected chi connectivity index (χ3v) is 6.03. The molecule has 2 aliphatic heterocycles. The fourth-order valence-corrected chi connectivity index (χ4v) is 3.94. The van der Waals surface area contributed by atoms with Crippen LogP contribution in [0.15, 0.2) is 12.4 Å². The van der Waals surface area contributed by atoms with Gasteiger partial charge in [-0.05, 0) is 44.9 Å². The van der Waals surface area contributed by atoms with Crippen LogP contribution in [0, 0.1) is 12.3 Å². The van der Waals surface area contributed by atoms with Crippen molar-refractivity contribution < 1.29 is 9.59 Å². The van der Waals surface area contributed by atoms with Crippen LogP contribution in [0.1, 0.15) is 57.3 Å². The first-order valence-electron chi connectivity index (χ1n) is 10.0. The zero-order valence-corrected chi connectivity index (χ0v) is 16.7. The number of hydrogen-bond donors (Lipinski definition) is 1. The molecule has 7 heteroatoms. The summed E-state index contributed by atoms with van der Waals surface area (Å²) in [5.74, 6) is 0.194. The highest BCUT2D eigenvalue weighted by Crippen LogP contribution is 2.40. The van der Waals surface area contributed by atoms with Crippen LogP contribution in [-0.2, 0) is 11.3 Å². The molecule has 1 N–H and O–H groups in total. The maximum atomic E-state index is 12.4. The first-order valence-corrected chi connectivity index (χ1v) is 10.0. The van der Waals surface area contributed by atoms with Crippen LogP contribution in [0.3, 0.4) is 0 Å². The van der Waals surface area contributed by atoms with Gasteiger partial charge in [0.05, 0.1) is 24.1 Å². The number of urea groups is 1. The Bertz CT molecular complexity index is 667. The number of likely N-dealkylation sites (tertiary alicyclic amines) is 2. The summed E-state index contributed by atoms with van der Waals surface area (Å²) in [5, 5.41) is 3.05. The van der Waals surface area contributed by atoms with Crippen molar-refractivity contribution in [2.24, 2.45) is 5.41 Å². The number of amides is 3. The molecule has 0 saturated carbocycles. The summed E-state index contributed by atoms with van der Waals surface area (Å²) in [6, 6.07) is 0.240. The average molecular weight is 374 g/mol. The van der Waals surface area contributed by atoms with Crippen molar-refractivity contribution in [1.82, 2.24) is 25.1 Å². The van der Waals surface area contributed by atoms with E-state index in [0.717, 1.165) is 56.7 Å². The number of nitrogens with one attached hydrogen (secondary N) is 1. The smallest absolute Gasteiger partial charge is 0.317 e. The lowest BCUT2D eigenvalue weighted by molar-refractivity contribution is -0.139. The van der Waals surface area contributed by atoms with Crippen LogP contribution in [0.5, 0.6) is 0 Å². The minimum absolute atomic E-state index is 0.0397. The predicted octanol–water partition coefficient (Wildman–Crippen LogP) is 2.50.